The van der Waals surface area contributed by atoms with Crippen LogP contribution >= 0.6 is 11.3 Å². The number of fused-ring (bicyclic) bond motifs is 1. The maximum atomic E-state index is 13.1. The van der Waals surface area contributed by atoms with E-state index in [2.05, 4.69) is 11.1 Å². The molecule has 1 atom stereocenters. The van der Waals surface area contributed by atoms with Crippen LogP contribution in [0.2, 0.25) is 0 Å². The van der Waals surface area contributed by atoms with Gasteiger partial charge in [-0.1, -0.05) is 25.1 Å². The lowest BCUT2D eigenvalue weighted by Crippen LogP contribution is -2.29. The number of carboxylic acid groups (broad SMARTS) is 1. The van der Waals surface area contributed by atoms with Crippen LogP contribution in [0.1, 0.15) is 35.4 Å². The summed E-state index contributed by atoms with van der Waals surface area (Å²) < 4.78 is 1.24. The first-order valence-corrected chi connectivity index (χ1v) is 8.97. The number of hydrogen-bond donors (Lipinski definition) is 1. The molecule has 25 heavy (non-hydrogen) atoms. The highest BCUT2D eigenvalue weighted by atomic mass is 32.1. The molecule has 130 valence electrons. The molecule has 0 aliphatic rings. The van der Waals surface area contributed by atoms with E-state index in [0.717, 1.165) is 21.6 Å². The summed E-state index contributed by atoms with van der Waals surface area (Å²) in [5.74, 6) is -1.02. The smallest absolute Gasteiger partial charge is 0.326 e. The molecule has 1 N–H and O–H groups in total. The molecule has 0 radical (unpaired) electrons. The maximum absolute atomic E-state index is 13.1. The van der Waals surface area contributed by atoms with Crippen LogP contribution in [0.4, 0.5) is 0 Å². The first kappa shape index (κ1) is 17.4. The SMILES string of the molecule is CC[C@H](C(=O)O)n1cnc2sc(C)c(-c3ccc(C)c(C)c3)c2c1=O. The van der Waals surface area contributed by atoms with E-state index in [1.165, 1.54) is 27.8 Å². The van der Waals surface area contributed by atoms with Crippen LogP contribution in [0.25, 0.3) is 21.3 Å². The fraction of sp³-hybridized carbons (Fsp3) is 0.316. The summed E-state index contributed by atoms with van der Waals surface area (Å²) in [5, 5.41) is 9.90. The number of aliphatic carboxylic acids is 1. The van der Waals surface area contributed by atoms with E-state index >= 15 is 0 Å². The molecule has 0 aliphatic carbocycles. The molecule has 0 spiro atoms. The Hall–Kier alpha value is -2.47. The standard InChI is InChI=1S/C19H20N2O3S/c1-5-14(19(23)24)21-9-20-17-16(18(21)22)15(12(4)25-17)13-7-6-10(2)11(3)8-13/h6-9,14H,5H2,1-4H3,(H,23,24)/t14-/m1/s1. The average molecular weight is 356 g/mol. The van der Waals surface area contributed by atoms with Crippen LogP contribution in [-0.2, 0) is 4.79 Å². The number of benzene rings is 1. The lowest BCUT2D eigenvalue weighted by Gasteiger charge is -2.13. The van der Waals surface area contributed by atoms with E-state index < -0.39 is 12.0 Å². The molecule has 6 heteroatoms. The fourth-order valence-corrected chi connectivity index (χ4v) is 4.08. The molecule has 2 aromatic heterocycles. The topological polar surface area (TPSA) is 72.2 Å². The summed E-state index contributed by atoms with van der Waals surface area (Å²) in [6.07, 6.45) is 1.68. The van der Waals surface area contributed by atoms with E-state index in [9.17, 15) is 14.7 Å². The van der Waals surface area contributed by atoms with Gasteiger partial charge in [0.15, 0.2) is 0 Å². The van der Waals surface area contributed by atoms with Gasteiger partial charge in [-0.2, -0.15) is 0 Å². The fourth-order valence-electron chi connectivity index (χ4n) is 3.07. The molecule has 0 aliphatic heterocycles. The average Bonchev–Trinajstić information content (AvgIpc) is 2.89. The summed E-state index contributed by atoms with van der Waals surface area (Å²) in [6, 6.07) is 5.20. The van der Waals surface area contributed by atoms with Crippen molar-refractivity contribution >= 4 is 27.5 Å². The van der Waals surface area contributed by atoms with Gasteiger partial charge in [-0.25, -0.2) is 9.78 Å². The Bertz CT molecular complexity index is 1030. The zero-order valence-corrected chi connectivity index (χ0v) is 15.5. The molecule has 0 saturated carbocycles. The predicted octanol–water partition coefficient (Wildman–Crippen LogP) is 4.09. The molecule has 0 amide bonds. The van der Waals surface area contributed by atoms with Crippen LogP contribution in [-0.4, -0.2) is 20.6 Å². The van der Waals surface area contributed by atoms with Crippen molar-refractivity contribution in [2.24, 2.45) is 0 Å². The van der Waals surface area contributed by atoms with E-state index in [4.69, 9.17) is 0 Å². The Morgan fingerprint density at radius 3 is 2.60 bits per heavy atom. The van der Waals surface area contributed by atoms with Crippen molar-refractivity contribution in [3.8, 4) is 11.1 Å². The highest BCUT2D eigenvalue weighted by Crippen LogP contribution is 2.36. The number of carbonyl (C=O) groups is 1. The molecule has 0 fully saturated rings. The van der Waals surface area contributed by atoms with Crippen molar-refractivity contribution in [2.75, 3.05) is 0 Å². The molecule has 0 bridgehead atoms. The third kappa shape index (κ3) is 2.87. The van der Waals surface area contributed by atoms with Gasteiger partial charge in [-0.15, -0.1) is 11.3 Å². The zero-order valence-electron chi connectivity index (χ0n) is 14.7. The predicted molar refractivity (Wildman–Crippen MR) is 100 cm³/mol. The number of thiophene rings is 1. The number of hydrogen-bond acceptors (Lipinski definition) is 4. The Morgan fingerprint density at radius 2 is 2.00 bits per heavy atom. The van der Waals surface area contributed by atoms with E-state index in [1.54, 1.807) is 6.92 Å². The first-order chi connectivity index (χ1) is 11.8. The third-order valence-corrected chi connectivity index (χ3v) is 5.63. The van der Waals surface area contributed by atoms with Gasteiger partial charge in [-0.3, -0.25) is 9.36 Å². The molecule has 1 aromatic carbocycles. The van der Waals surface area contributed by atoms with Gasteiger partial charge < -0.3 is 5.11 Å². The van der Waals surface area contributed by atoms with Crippen LogP contribution in [0.5, 0.6) is 0 Å². The first-order valence-electron chi connectivity index (χ1n) is 8.15. The highest BCUT2D eigenvalue weighted by Gasteiger charge is 2.23. The number of carboxylic acids is 1. The van der Waals surface area contributed by atoms with E-state index in [1.807, 2.05) is 32.9 Å². The monoisotopic (exact) mass is 356 g/mol. The van der Waals surface area contributed by atoms with Crippen molar-refractivity contribution < 1.29 is 9.90 Å². The molecule has 3 aromatic rings. The van der Waals surface area contributed by atoms with Gasteiger partial charge in [0, 0.05) is 10.4 Å². The van der Waals surface area contributed by atoms with Gasteiger partial charge >= 0.3 is 5.97 Å². The molecule has 0 unspecified atom stereocenters. The molecular weight excluding hydrogens is 336 g/mol. The minimum Gasteiger partial charge on any atom is -0.480 e. The summed E-state index contributed by atoms with van der Waals surface area (Å²) in [4.78, 5) is 30.5. The number of nitrogens with zero attached hydrogens (tertiary/aromatic N) is 2. The van der Waals surface area contributed by atoms with Crippen LogP contribution in [0.15, 0.2) is 29.3 Å². The second-order valence-electron chi connectivity index (χ2n) is 6.23. The van der Waals surface area contributed by atoms with Crippen molar-refractivity contribution in [2.45, 2.75) is 40.2 Å². The van der Waals surface area contributed by atoms with Crippen molar-refractivity contribution in [3.63, 3.8) is 0 Å². The second-order valence-corrected chi connectivity index (χ2v) is 7.43. The Labute approximate surface area is 149 Å². The molecule has 5 nitrogen and oxygen atoms in total. The lowest BCUT2D eigenvalue weighted by atomic mass is 9.99. The number of aromatic nitrogens is 2. The lowest BCUT2D eigenvalue weighted by molar-refractivity contribution is -0.141. The van der Waals surface area contributed by atoms with Gasteiger partial charge in [0.05, 0.1) is 11.7 Å². The maximum Gasteiger partial charge on any atom is 0.326 e. The molecule has 2 heterocycles. The quantitative estimate of drug-likeness (QED) is 0.764. The number of aryl methyl sites for hydroxylation is 3. The van der Waals surface area contributed by atoms with E-state index in [0.29, 0.717) is 16.6 Å². The normalized spacial score (nSPS) is 12.5. The van der Waals surface area contributed by atoms with Crippen molar-refractivity contribution in [1.82, 2.24) is 9.55 Å². The van der Waals surface area contributed by atoms with E-state index in [-0.39, 0.29) is 5.56 Å². The van der Waals surface area contributed by atoms with Gasteiger partial charge in [0.25, 0.3) is 5.56 Å². The summed E-state index contributed by atoms with van der Waals surface area (Å²) in [6.45, 7) is 7.80. The summed E-state index contributed by atoms with van der Waals surface area (Å²) >= 11 is 1.46. The molecular formula is C19H20N2O3S. The summed E-state index contributed by atoms with van der Waals surface area (Å²) in [5.41, 5.74) is 3.87. The minimum atomic E-state index is -1.02. The summed E-state index contributed by atoms with van der Waals surface area (Å²) in [7, 11) is 0. The third-order valence-electron chi connectivity index (χ3n) is 4.62. The van der Waals surface area contributed by atoms with Crippen LogP contribution in [0.3, 0.4) is 0 Å². The molecule has 3 rings (SSSR count). The van der Waals surface area contributed by atoms with Crippen molar-refractivity contribution in [3.05, 3.63) is 50.9 Å². The second kappa shape index (κ2) is 6.44. The van der Waals surface area contributed by atoms with Gasteiger partial charge in [-0.05, 0) is 43.9 Å². The highest BCUT2D eigenvalue weighted by molar-refractivity contribution is 7.19. The molecule has 0 saturated heterocycles. The van der Waals surface area contributed by atoms with Gasteiger partial charge in [0.2, 0.25) is 0 Å². The Kier molecular flexibility index (Phi) is 4.47. The van der Waals surface area contributed by atoms with Gasteiger partial charge in [0.1, 0.15) is 10.9 Å². The van der Waals surface area contributed by atoms with Crippen LogP contribution in [0, 0.1) is 20.8 Å². The van der Waals surface area contributed by atoms with Crippen molar-refractivity contribution in [1.29, 1.82) is 0 Å². The Morgan fingerprint density at radius 1 is 1.28 bits per heavy atom. The van der Waals surface area contributed by atoms with Crippen LogP contribution < -0.4 is 5.56 Å². The largest absolute Gasteiger partial charge is 0.480 e. The zero-order chi connectivity index (χ0) is 18.3. The number of rotatable bonds is 4. The minimum absolute atomic E-state index is 0.295. The Balaban J connectivity index is 2.33.